The van der Waals surface area contributed by atoms with Gasteiger partial charge in [-0.15, -0.1) is 0 Å². The van der Waals surface area contributed by atoms with E-state index in [1.54, 1.807) is 0 Å². The Hall–Kier alpha value is -1.70. The van der Waals surface area contributed by atoms with Gasteiger partial charge in [-0.2, -0.15) is 0 Å². The molecule has 2 atom stereocenters. The molecule has 7 heteroatoms. The summed E-state index contributed by atoms with van der Waals surface area (Å²) in [5.41, 5.74) is 0. The van der Waals surface area contributed by atoms with Gasteiger partial charge in [0.15, 0.2) is 0 Å². The molecule has 0 bridgehead atoms. The van der Waals surface area contributed by atoms with Gasteiger partial charge in [-0.3, -0.25) is 4.21 Å². The summed E-state index contributed by atoms with van der Waals surface area (Å²) >= 11 is -2.28. The van der Waals surface area contributed by atoms with Crippen LogP contribution in [-0.4, -0.2) is 39.2 Å². The molecule has 0 radical (unpaired) electrons. The molecule has 0 fully saturated rings. The third-order valence-corrected chi connectivity index (χ3v) is 2.70. The number of carbonyl (C=O) groups excluding carboxylic acids is 1. The molecule has 0 heterocycles. The number of rotatable bonds is 7. The van der Waals surface area contributed by atoms with Crippen molar-refractivity contribution in [2.45, 2.75) is 11.0 Å². The molecule has 0 aromatic heterocycles. The molecule has 1 rings (SSSR count). The Bertz CT molecular complexity index is 456. The Kier molecular flexibility index (Phi) is 6.20. The molecule has 1 N–H and O–H groups in total. The van der Waals surface area contributed by atoms with Crippen molar-refractivity contribution in [3.63, 3.8) is 0 Å². The van der Waals surface area contributed by atoms with Crippen molar-refractivity contribution < 1.29 is 28.1 Å². The van der Waals surface area contributed by atoms with Crippen LogP contribution in [0.2, 0.25) is 0 Å². The SMILES string of the molecule is C=CC(=O)OCC(O)COc1ccc(S(=O)[O-])cc1. The molecule has 2 unspecified atom stereocenters. The largest absolute Gasteiger partial charge is 0.768 e. The van der Waals surface area contributed by atoms with E-state index in [-0.39, 0.29) is 18.1 Å². The Labute approximate surface area is 112 Å². The fourth-order valence-corrected chi connectivity index (χ4v) is 1.48. The van der Waals surface area contributed by atoms with Crippen LogP contribution in [0.3, 0.4) is 0 Å². The average molecular weight is 285 g/mol. The lowest BCUT2D eigenvalue weighted by Gasteiger charge is -2.12. The summed E-state index contributed by atoms with van der Waals surface area (Å²) in [5, 5.41) is 9.46. The van der Waals surface area contributed by atoms with Gasteiger partial charge in [0.25, 0.3) is 0 Å². The first-order valence-electron chi connectivity index (χ1n) is 5.32. The van der Waals surface area contributed by atoms with Crippen LogP contribution in [0.5, 0.6) is 5.75 Å². The molecule has 0 saturated carbocycles. The minimum absolute atomic E-state index is 0.0791. The van der Waals surface area contributed by atoms with E-state index < -0.39 is 23.2 Å². The molecule has 0 aliphatic heterocycles. The zero-order valence-corrected chi connectivity index (χ0v) is 10.8. The fourth-order valence-electron chi connectivity index (χ4n) is 1.12. The maximum atomic E-state index is 10.7. The smallest absolute Gasteiger partial charge is 0.330 e. The van der Waals surface area contributed by atoms with E-state index in [2.05, 4.69) is 11.3 Å². The van der Waals surface area contributed by atoms with Crippen molar-refractivity contribution in [1.82, 2.24) is 0 Å². The van der Waals surface area contributed by atoms with Crippen LogP contribution in [-0.2, 0) is 20.6 Å². The standard InChI is InChI=1S/C12H14O6S/c1-2-12(14)18-8-9(13)7-17-10-3-5-11(6-4-10)19(15)16/h2-6,9,13H,1,7-8H2,(H,15,16)/p-1. The first-order chi connectivity index (χ1) is 9.02. The van der Waals surface area contributed by atoms with Gasteiger partial charge < -0.3 is 19.1 Å². The lowest BCUT2D eigenvalue weighted by atomic mass is 10.3. The second kappa shape index (κ2) is 7.67. The fraction of sp³-hybridized carbons (Fsp3) is 0.250. The quantitative estimate of drug-likeness (QED) is 0.442. The summed E-state index contributed by atoms with van der Waals surface area (Å²) in [7, 11) is 0. The Balaban J connectivity index is 2.37. The molecule has 0 aliphatic carbocycles. The first-order valence-corrected chi connectivity index (χ1v) is 6.40. The number of esters is 1. The van der Waals surface area contributed by atoms with Gasteiger partial charge >= 0.3 is 5.97 Å². The highest BCUT2D eigenvalue weighted by Gasteiger charge is 2.08. The predicted molar refractivity (Wildman–Crippen MR) is 66.3 cm³/mol. The molecule has 0 saturated heterocycles. The highest BCUT2D eigenvalue weighted by molar-refractivity contribution is 7.79. The number of aliphatic hydroxyl groups is 1. The van der Waals surface area contributed by atoms with Crippen molar-refractivity contribution >= 4 is 17.0 Å². The summed E-state index contributed by atoms with van der Waals surface area (Å²) < 4.78 is 31.1. The number of hydrogen-bond acceptors (Lipinski definition) is 6. The van der Waals surface area contributed by atoms with Crippen molar-refractivity contribution in [3.05, 3.63) is 36.9 Å². The van der Waals surface area contributed by atoms with E-state index in [4.69, 9.17) is 4.74 Å². The van der Waals surface area contributed by atoms with Gasteiger partial charge in [0.05, 0.1) is 0 Å². The van der Waals surface area contributed by atoms with Gasteiger partial charge in [-0.25, -0.2) is 4.79 Å². The molecule has 0 spiro atoms. The van der Waals surface area contributed by atoms with E-state index in [1.807, 2.05) is 0 Å². The maximum Gasteiger partial charge on any atom is 0.330 e. The third kappa shape index (κ3) is 5.64. The summed E-state index contributed by atoms with van der Waals surface area (Å²) in [5.74, 6) is -0.218. The van der Waals surface area contributed by atoms with Crippen LogP contribution in [0.15, 0.2) is 41.8 Å². The normalized spacial score (nSPS) is 13.4. The molecule has 0 aliphatic rings. The van der Waals surface area contributed by atoms with E-state index >= 15 is 0 Å². The summed E-state index contributed by atoms with van der Waals surface area (Å²) in [6, 6.07) is 5.69. The van der Waals surface area contributed by atoms with E-state index in [0.717, 1.165) is 6.08 Å². The molecule has 104 valence electrons. The molecule has 1 aromatic carbocycles. The zero-order valence-electron chi connectivity index (χ0n) is 9.98. The Morgan fingerprint density at radius 1 is 1.42 bits per heavy atom. The molecule has 19 heavy (non-hydrogen) atoms. The number of carbonyl (C=O) groups is 1. The van der Waals surface area contributed by atoms with Gasteiger partial charge in [0.1, 0.15) is 25.1 Å². The molecular weight excluding hydrogens is 272 g/mol. The van der Waals surface area contributed by atoms with Crippen LogP contribution in [0.25, 0.3) is 0 Å². The topological polar surface area (TPSA) is 95.9 Å². The molecule has 1 aromatic rings. The van der Waals surface area contributed by atoms with Gasteiger partial charge in [0, 0.05) is 11.0 Å². The maximum absolute atomic E-state index is 10.7. The molecular formula is C12H13O6S-. The van der Waals surface area contributed by atoms with E-state index in [9.17, 15) is 18.7 Å². The summed E-state index contributed by atoms with van der Waals surface area (Å²) in [6.07, 6.45) is 0.0206. The second-order valence-electron chi connectivity index (χ2n) is 3.51. The van der Waals surface area contributed by atoms with Crippen LogP contribution in [0, 0.1) is 0 Å². The minimum atomic E-state index is -2.28. The van der Waals surface area contributed by atoms with Crippen LogP contribution >= 0.6 is 0 Å². The van der Waals surface area contributed by atoms with Crippen molar-refractivity contribution in [2.24, 2.45) is 0 Å². The van der Waals surface area contributed by atoms with Crippen molar-refractivity contribution in [2.75, 3.05) is 13.2 Å². The highest BCUT2D eigenvalue weighted by Crippen LogP contribution is 2.14. The number of aliphatic hydroxyl groups excluding tert-OH is 1. The number of ether oxygens (including phenoxy) is 2. The molecule has 0 amide bonds. The molecule has 6 nitrogen and oxygen atoms in total. The minimum Gasteiger partial charge on any atom is -0.768 e. The average Bonchev–Trinajstić information content (AvgIpc) is 2.42. The van der Waals surface area contributed by atoms with Crippen LogP contribution in [0.1, 0.15) is 0 Å². The van der Waals surface area contributed by atoms with Crippen LogP contribution in [0.4, 0.5) is 0 Å². The second-order valence-corrected chi connectivity index (χ2v) is 4.45. The van der Waals surface area contributed by atoms with Crippen molar-refractivity contribution in [1.29, 1.82) is 0 Å². The van der Waals surface area contributed by atoms with Gasteiger partial charge in [-0.05, 0) is 35.3 Å². The van der Waals surface area contributed by atoms with Gasteiger partial charge in [0.2, 0.25) is 0 Å². The van der Waals surface area contributed by atoms with E-state index in [0.29, 0.717) is 5.75 Å². The highest BCUT2D eigenvalue weighted by atomic mass is 32.2. The summed E-state index contributed by atoms with van der Waals surface area (Å²) in [6.45, 7) is 2.94. The third-order valence-electron chi connectivity index (χ3n) is 2.04. The van der Waals surface area contributed by atoms with Crippen molar-refractivity contribution in [3.8, 4) is 5.75 Å². The lowest BCUT2D eigenvalue weighted by Crippen LogP contribution is -2.24. The monoisotopic (exact) mass is 285 g/mol. The first kappa shape index (κ1) is 15.4. The Morgan fingerprint density at radius 2 is 2.05 bits per heavy atom. The predicted octanol–water partition coefficient (Wildman–Crippen LogP) is 0.394. The number of hydrogen-bond donors (Lipinski definition) is 1. The zero-order chi connectivity index (χ0) is 14.3. The van der Waals surface area contributed by atoms with Gasteiger partial charge in [-0.1, -0.05) is 6.58 Å². The van der Waals surface area contributed by atoms with E-state index in [1.165, 1.54) is 24.3 Å². The Morgan fingerprint density at radius 3 is 2.58 bits per heavy atom. The van der Waals surface area contributed by atoms with Crippen LogP contribution < -0.4 is 4.74 Å². The lowest BCUT2D eigenvalue weighted by molar-refractivity contribution is -0.141. The number of benzene rings is 1. The summed E-state index contributed by atoms with van der Waals surface area (Å²) in [4.78, 5) is 10.9.